The summed E-state index contributed by atoms with van der Waals surface area (Å²) in [5.74, 6) is 0.230. The zero-order valence-corrected chi connectivity index (χ0v) is 11.1. The van der Waals surface area contributed by atoms with E-state index in [1.54, 1.807) is 37.3 Å². The van der Waals surface area contributed by atoms with E-state index in [0.717, 1.165) is 0 Å². The van der Waals surface area contributed by atoms with Crippen LogP contribution in [0.2, 0.25) is 0 Å². The summed E-state index contributed by atoms with van der Waals surface area (Å²) in [5, 5.41) is 23.9. The number of carbonyl (C=O) groups excluding carboxylic acids is 1. The fraction of sp³-hybridized carbons (Fsp3) is 0.0667. The van der Waals surface area contributed by atoms with Crippen LogP contribution in [0, 0.1) is 29.6 Å². The lowest BCUT2D eigenvalue weighted by Crippen LogP contribution is -2.13. The first kappa shape index (κ1) is 14.0. The Labute approximate surface area is 120 Å². The monoisotopic (exact) mass is 278 g/mol. The van der Waals surface area contributed by atoms with Crippen molar-refractivity contribution >= 4 is 17.8 Å². The molecule has 0 aliphatic heterocycles. The van der Waals surface area contributed by atoms with Crippen LogP contribution in [0.5, 0.6) is 0 Å². The summed E-state index contributed by atoms with van der Waals surface area (Å²) >= 11 is 0. The van der Waals surface area contributed by atoms with E-state index in [1.807, 2.05) is 12.1 Å². The zero-order valence-electron chi connectivity index (χ0n) is 11.1. The molecule has 21 heavy (non-hydrogen) atoms. The molecule has 0 saturated carbocycles. The van der Waals surface area contributed by atoms with Crippen LogP contribution in [-0.4, -0.2) is 11.1 Å². The SMILES string of the molecule is Cc1cc(NC(=O)/C(C#N)=C/c2ccc(C#N)cc2)no1. The van der Waals surface area contributed by atoms with Gasteiger partial charge in [-0.05, 0) is 30.7 Å². The van der Waals surface area contributed by atoms with Gasteiger partial charge in [-0.25, -0.2) is 0 Å². The number of aryl methyl sites for hydroxylation is 1. The van der Waals surface area contributed by atoms with Crippen molar-refractivity contribution in [2.24, 2.45) is 0 Å². The highest BCUT2D eigenvalue weighted by Crippen LogP contribution is 2.12. The summed E-state index contributed by atoms with van der Waals surface area (Å²) in [7, 11) is 0. The Morgan fingerprint density at radius 2 is 2.05 bits per heavy atom. The first-order valence-electron chi connectivity index (χ1n) is 5.99. The first-order chi connectivity index (χ1) is 10.1. The molecule has 1 heterocycles. The summed E-state index contributed by atoms with van der Waals surface area (Å²) in [6.45, 7) is 1.69. The number of nitriles is 2. The second kappa shape index (κ2) is 6.18. The van der Waals surface area contributed by atoms with Gasteiger partial charge in [0, 0.05) is 6.07 Å². The standard InChI is InChI=1S/C15H10N4O2/c1-10-6-14(19-21-10)18-15(20)13(9-17)7-11-2-4-12(8-16)5-3-11/h2-7H,1H3,(H,18,19,20)/b13-7+. The molecule has 0 fully saturated rings. The highest BCUT2D eigenvalue weighted by Gasteiger charge is 2.11. The molecule has 0 bridgehead atoms. The molecular formula is C15H10N4O2. The van der Waals surface area contributed by atoms with Crippen molar-refractivity contribution in [3.8, 4) is 12.1 Å². The lowest BCUT2D eigenvalue weighted by molar-refractivity contribution is -0.112. The van der Waals surface area contributed by atoms with Crippen LogP contribution in [0.15, 0.2) is 40.4 Å². The van der Waals surface area contributed by atoms with Gasteiger partial charge in [0.05, 0.1) is 11.6 Å². The molecule has 0 spiro atoms. The predicted molar refractivity (Wildman–Crippen MR) is 74.6 cm³/mol. The van der Waals surface area contributed by atoms with E-state index in [2.05, 4.69) is 10.5 Å². The number of amides is 1. The summed E-state index contributed by atoms with van der Waals surface area (Å²) in [4.78, 5) is 11.9. The summed E-state index contributed by atoms with van der Waals surface area (Å²) in [6.07, 6.45) is 1.43. The minimum absolute atomic E-state index is 0.0691. The molecule has 1 N–H and O–H groups in total. The van der Waals surface area contributed by atoms with Gasteiger partial charge in [0.1, 0.15) is 17.4 Å². The van der Waals surface area contributed by atoms with Crippen molar-refractivity contribution in [1.82, 2.24) is 5.16 Å². The maximum atomic E-state index is 11.9. The maximum absolute atomic E-state index is 11.9. The highest BCUT2D eigenvalue weighted by molar-refractivity contribution is 6.09. The van der Waals surface area contributed by atoms with E-state index in [4.69, 9.17) is 15.0 Å². The van der Waals surface area contributed by atoms with E-state index in [1.165, 1.54) is 6.08 Å². The van der Waals surface area contributed by atoms with Gasteiger partial charge < -0.3 is 9.84 Å². The lowest BCUT2D eigenvalue weighted by Gasteiger charge is -2.00. The molecule has 6 nitrogen and oxygen atoms in total. The average Bonchev–Trinajstić information content (AvgIpc) is 2.90. The Kier molecular flexibility index (Phi) is 4.13. The van der Waals surface area contributed by atoms with Crippen molar-refractivity contribution in [2.45, 2.75) is 6.92 Å². The summed E-state index contributed by atoms with van der Waals surface area (Å²) < 4.78 is 4.82. The maximum Gasteiger partial charge on any atom is 0.267 e. The second-order valence-electron chi connectivity index (χ2n) is 4.18. The lowest BCUT2D eigenvalue weighted by atomic mass is 10.1. The topological polar surface area (TPSA) is 103 Å². The molecule has 102 valence electrons. The number of nitrogens with one attached hydrogen (secondary N) is 1. The van der Waals surface area contributed by atoms with Gasteiger partial charge in [0.25, 0.3) is 5.91 Å². The van der Waals surface area contributed by atoms with Gasteiger partial charge in [-0.15, -0.1) is 0 Å². The highest BCUT2D eigenvalue weighted by atomic mass is 16.5. The van der Waals surface area contributed by atoms with Crippen molar-refractivity contribution in [1.29, 1.82) is 10.5 Å². The van der Waals surface area contributed by atoms with Gasteiger partial charge in [-0.1, -0.05) is 17.3 Å². The Hall–Kier alpha value is -3.38. The van der Waals surface area contributed by atoms with E-state index in [-0.39, 0.29) is 11.4 Å². The number of benzene rings is 1. The molecule has 6 heteroatoms. The molecule has 0 unspecified atom stereocenters. The van der Waals surface area contributed by atoms with Gasteiger partial charge >= 0.3 is 0 Å². The normalized spacial score (nSPS) is 10.5. The van der Waals surface area contributed by atoms with Gasteiger partial charge in [0.2, 0.25) is 0 Å². The van der Waals surface area contributed by atoms with Gasteiger partial charge in [-0.2, -0.15) is 10.5 Å². The molecule has 1 aromatic carbocycles. The molecular weight excluding hydrogens is 268 g/mol. The second-order valence-corrected chi connectivity index (χ2v) is 4.18. The largest absolute Gasteiger partial charge is 0.360 e. The Balaban J connectivity index is 2.18. The fourth-order valence-corrected chi connectivity index (χ4v) is 1.58. The molecule has 0 aliphatic carbocycles. The quantitative estimate of drug-likeness (QED) is 0.686. The van der Waals surface area contributed by atoms with Crippen molar-refractivity contribution < 1.29 is 9.32 Å². The molecule has 0 radical (unpaired) electrons. The Morgan fingerprint density at radius 1 is 1.33 bits per heavy atom. The smallest absolute Gasteiger partial charge is 0.267 e. The minimum atomic E-state index is -0.574. The van der Waals surface area contributed by atoms with Gasteiger partial charge in [-0.3, -0.25) is 4.79 Å². The van der Waals surface area contributed by atoms with Crippen LogP contribution >= 0.6 is 0 Å². The molecule has 0 atom stereocenters. The Morgan fingerprint density at radius 3 is 2.57 bits per heavy atom. The predicted octanol–water partition coefficient (Wildman–Crippen LogP) is 2.40. The van der Waals surface area contributed by atoms with Crippen LogP contribution in [-0.2, 0) is 4.79 Å². The molecule has 1 amide bonds. The fourth-order valence-electron chi connectivity index (χ4n) is 1.58. The molecule has 2 rings (SSSR count). The first-order valence-corrected chi connectivity index (χ1v) is 5.99. The molecule has 2 aromatic rings. The van der Waals surface area contributed by atoms with Crippen LogP contribution in [0.4, 0.5) is 5.82 Å². The molecule has 0 saturated heterocycles. The van der Waals surface area contributed by atoms with E-state index < -0.39 is 5.91 Å². The van der Waals surface area contributed by atoms with Crippen LogP contribution < -0.4 is 5.32 Å². The third kappa shape index (κ3) is 3.55. The van der Waals surface area contributed by atoms with Crippen LogP contribution in [0.3, 0.4) is 0 Å². The number of nitrogens with zero attached hydrogens (tertiary/aromatic N) is 3. The van der Waals surface area contributed by atoms with E-state index >= 15 is 0 Å². The number of hydrogen-bond acceptors (Lipinski definition) is 5. The number of aromatic nitrogens is 1. The molecule has 1 aromatic heterocycles. The van der Waals surface area contributed by atoms with Crippen molar-refractivity contribution in [3.63, 3.8) is 0 Å². The number of rotatable bonds is 3. The number of anilines is 1. The summed E-state index contributed by atoms with van der Waals surface area (Å²) in [5.41, 5.74) is 1.09. The van der Waals surface area contributed by atoms with Crippen molar-refractivity contribution in [3.05, 3.63) is 52.8 Å². The third-order valence-corrected chi connectivity index (χ3v) is 2.59. The number of carbonyl (C=O) groups is 1. The van der Waals surface area contributed by atoms with E-state index in [9.17, 15) is 4.79 Å². The van der Waals surface area contributed by atoms with Gasteiger partial charge in [0.15, 0.2) is 5.82 Å². The average molecular weight is 278 g/mol. The van der Waals surface area contributed by atoms with Crippen molar-refractivity contribution in [2.75, 3.05) is 5.32 Å². The number of hydrogen-bond donors (Lipinski definition) is 1. The minimum Gasteiger partial charge on any atom is -0.360 e. The third-order valence-electron chi connectivity index (χ3n) is 2.59. The van der Waals surface area contributed by atoms with Crippen LogP contribution in [0.25, 0.3) is 6.08 Å². The zero-order chi connectivity index (χ0) is 15.2. The van der Waals surface area contributed by atoms with E-state index in [0.29, 0.717) is 16.9 Å². The Bertz CT molecular complexity index is 773. The molecule has 0 aliphatic rings. The summed E-state index contributed by atoms with van der Waals surface area (Å²) in [6, 6.07) is 11.9. The van der Waals surface area contributed by atoms with Crippen LogP contribution in [0.1, 0.15) is 16.9 Å².